The normalized spacial score (nSPS) is 10.3. The maximum atomic E-state index is 12.1. The van der Waals surface area contributed by atoms with Crippen LogP contribution in [0.5, 0.6) is 0 Å². The van der Waals surface area contributed by atoms with Crippen LogP contribution in [0.2, 0.25) is 10.0 Å². The van der Waals surface area contributed by atoms with E-state index in [-0.39, 0.29) is 12.3 Å². The van der Waals surface area contributed by atoms with Gasteiger partial charge in [-0.1, -0.05) is 29.3 Å². The molecule has 126 valence electrons. The van der Waals surface area contributed by atoms with Gasteiger partial charge in [0.2, 0.25) is 11.8 Å². The van der Waals surface area contributed by atoms with Gasteiger partial charge in [-0.3, -0.25) is 14.6 Å². The van der Waals surface area contributed by atoms with Crippen molar-refractivity contribution >= 4 is 40.7 Å². The van der Waals surface area contributed by atoms with Crippen LogP contribution < -0.4 is 5.32 Å². The van der Waals surface area contributed by atoms with Gasteiger partial charge in [0, 0.05) is 26.0 Å². The SMILES string of the molecule is CN(CCc1ccncc1)C(=O)CC(=O)Nc1c(Cl)cccc1Cl. The highest BCUT2D eigenvalue weighted by Crippen LogP contribution is 2.29. The minimum atomic E-state index is -0.453. The molecular weight excluding hydrogens is 349 g/mol. The molecule has 0 aliphatic heterocycles. The minimum absolute atomic E-state index is 0.269. The van der Waals surface area contributed by atoms with Crippen LogP contribution in [-0.2, 0) is 16.0 Å². The first-order chi connectivity index (χ1) is 11.5. The Hall–Kier alpha value is -2.11. The third-order valence-corrected chi connectivity index (χ3v) is 4.08. The number of hydrogen-bond donors (Lipinski definition) is 1. The molecule has 0 radical (unpaired) electrons. The average Bonchev–Trinajstić information content (AvgIpc) is 2.57. The van der Waals surface area contributed by atoms with Crippen molar-refractivity contribution in [1.29, 1.82) is 0 Å². The zero-order chi connectivity index (χ0) is 17.5. The summed E-state index contributed by atoms with van der Waals surface area (Å²) in [5, 5.41) is 3.24. The van der Waals surface area contributed by atoms with E-state index in [1.807, 2.05) is 12.1 Å². The molecule has 0 atom stereocenters. The van der Waals surface area contributed by atoms with Gasteiger partial charge in [0.25, 0.3) is 0 Å². The van der Waals surface area contributed by atoms with Crippen LogP contribution in [0.4, 0.5) is 5.69 Å². The molecule has 0 fully saturated rings. The summed E-state index contributed by atoms with van der Waals surface area (Å²) in [6.07, 6.45) is 3.84. The molecule has 0 unspecified atom stereocenters. The Bertz CT molecular complexity index is 703. The van der Waals surface area contributed by atoms with Gasteiger partial charge in [-0.2, -0.15) is 0 Å². The predicted molar refractivity (Wildman–Crippen MR) is 95.3 cm³/mol. The number of hydrogen-bond acceptors (Lipinski definition) is 3. The lowest BCUT2D eigenvalue weighted by Crippen LogP contribution is -2.32. The second-order valence-electron chi connectivity index (χ2n) is 5.24. The van der Waals surface area contributed by atoms with Gasteiger partial charge in [0.05, 0.1) is 15.7 Å². The lowest BCUT2D eigenvalue weighted by Gasteiger charge is -2.17. The molecule has 2 aromatic rings. The number of carbonyl (C=O) groups is 2. The first kappa shape index (κ1) is 18.2. The second-order valence-corrected chi connectivity index (χ2v) is 6.06. The van der Waals surface area contributed by atoms with Crippen LogP contribution >= 0.6 is 23.2 Å². The molecule has 1 aromatic carbocycles. The van der Waals surface area contributed by atoms with Crippen LogP contribution in [0, 0.1) is 0 Å². The van der Waals surface area contributed by atoms with Crippen molar-refractivity contribution in [1.82, 2.24) is 9.88 Å². The van der Waals surface area contributed by atoms with E-state index in [9.17, 15) is 9.59 Å². The third-order valence-electron chi connectivity index (χ3n) is 3.45. The lowest BCUT2D eigenvalue weighted by molar-refractivity contribution is -0.133. The minimum Gasteiger partial charge on any atom is -0.345 e. The van der Waals surface area contributed by atoms with Crippen molar-refractivity contribution in [3.63, 3.8) is 0 Å². The van der Waals surface area contributed by atoms with Crippen LogP contribution in [0.15, 0.2) is 42.7 Å². The highest BCUT2D eigenvalue weighted by Gasteiger charge is 2.16. The molecular formula is C17H17Cl2N3O2. The number of anilines is 1. The molecule has 1 aromatic heterocycles. The molecule has 0 aliphatic rings. The van der Waals surface area contributed by atoms with Crippen molar-refractivity contribution in [2.45, 2.75) is 12.8 Å². The summed E-state index contributed by atoms with van der Waals surface area (Å²) in [7, 11) is 1.67. The molecule has 7 heteroatoms. The van der Waals surface area contributed by atoms with E-state index in [1.165, 1.54) is 4.90 Å². The van der Waals surface area contributed by atoms with Crippen molar-refractivity contribution in [3.8, 4) is 0 Å². The number of amides is 2. The standard InChI is InChI=1S/C17H17Cl2N3O2/c1-22(10-7-12-5-8-20-9-6-12)16(24)11-15(23)21-17-13(18)3-2-4-14(17)19/h2-6,8-9H,7,10-11H2,1H3,(H,21,23). The molecule has 0 saturated heterocycles. The summed E-state index contributed by atoms with van der Waals surface area (Å²) in [6, 6.07) is 8.70. The number of pyridine rings is 1. The fourth-order valence-corrected chi connectivity index (χ4v) is 2.54. The Morgan fingerprint density at radius 2 is 1.75 bits per heavy atom. The summed E-state index contributed by atoms with van der Waals surface area (Å²) < 4.78 is 0. The Morgan fingerprint density at radius 3 is 2.38 bits per heavy atom. The summed E-state index contributed by atoms with van der Waals surface area (Å²) in [4.78, 5) is 29.6. The van der Waals surface area contributed by atoms with Crippen molar-refractivity contribution in [2.75, 3.05) is 18.9 Å². The summed E-state index contributed by atoms with van der Waals surface area (Å²) in [5.41, 5.74) is 1.40. The number of carbonyl (C=O) groups excluding carboxylic acids is 2. The van der Waals surface area contributed by atoms with Crippen LogP contribution in [-0.4, -0.2) is 35.3 Å². The number of rotatable bonds is 6. The third kappa shape index (κ3) is 5.22. The fourth-order valence-electron chi connectivity index (χ4n) is 2.04. The van der Waals surface area contributed by atoms with Gasteiger partial charge < -0.3 is 10.2 Å². The van der Waals surface area contributed by atoms with Gasteiger partial charge >= 0.3 is 0 Å². The zero-order valence-electron chi connectivity index (χ0n) is 13.1. The van der Waals surface area contributed by atoms with E-state index >= 15 is 0 Å². The lowest BCUT2D eigenvalue weighted by atomic mass is 10.2. The first-order valence-electron chi connectivity index (χ1n) is 7.34. The average molecular weight is 366 g/mol. The number of para-hydroxylation sites is 1. The molecule has 2 rings (SSSR count). The van der Waals surface area contributed by atoms with Gasteiger partial charge in [0.15, 0.2) is 0 Å². The molecule has 0 aliphatic carbocycles. The fraction of sp³-hybridized carbons (Fsp3) is 0.235. The maximum absolute atomic E-state index is 12.1. The number of nitrogens with zero attached hydrogens (tertiary/aromatic N) is 2. The highest BCUT2D eigenvalue weighted by atomic mass is 35.5. The van der Waals surface area contributed by atoms with E-state index < -0.39 is 5.91 Å². The number of nitrogens with one attached hydrogen (secondary N) is 1. The van der Waals surface area contributed by atoms with Gasteiger partial charge in [-0.05, 0) is 36.2 Å². The Morgan fingerprint density at radius 1 is 1.12 bits per heavy atom. The zero-order valence-corrected chi connectivity index (χ0v) is 14.6. The van der Waals surface area contributed by atoms with E-state index in [0.717, 1.165) is 5.56 Å². The molecule has 1 N–H and O–H groups in total. The molecule has 0 saturated carbocycles. The van der Waals surface area contributed by atoms with E-state index in [0.29, 0.717) is 28.7 Å². The maximum Gasteiger partial charge on any atom is 0.233 e. The Kier molecular flexibility index (Phi) is 6.58. The van der Waals surface area contributed by atoms with E-state index in [2.05, 4.69) is 10.3 Å². The van der Waals surface area contributed by atoms with Crippen LogP contribution in [0.3, 0.4) is 0 Å². The smallest absolute Gasteiger partial charge is 0.233 e. The summed E-state index contributed by atoms with van der Waals surface area (Å²) in [6.45, 7) is 0.517. The van der Waals surface area contributed by atoms with E-state index in [4.69, 9.17) is 23.2 Å². The number of halogens is 2. The van der Waals surface area contributed by atoms with Crippen LogP contribution in [0.25, 0.3) is 0 Å². The number of likely N-dealkylation sites (N-methyl/N-ethyl adjacent to an activating group) is 1. The second kappa shape index (κ2) is 8.66. The van der Waals surface area contributed by atoms with Gasteiger partial charge in [-0.25, -0.2) is 0 Å². The molecule has 1 heterocycles. The molecule has 2 amide bonds. The molecule has 0 bridgehead atoms. The Balaban J connectivity index is 1.85. The number of benzene rings is 1. The monoisotopic (exact) mass is 365 g/mol. The number of aromatic nitrogens is 1. The Labute approximate surface area is 150 Å². The predicted octanol–water partition coefficient (Wildman–Crippen LogP) is 3.42. The van der Waals surface area contributed by atoms with Gasteiger partial charge in [0.1, 0.15) is 6.42 Å². The first-order valence-corrected chi connectivity index (χ1v) is 8.09. The van der Waals surface area contributed by atoms with Crippen molar-refractivity contribution in [2.24, 2.45) is 0 Å². The van der Waals surface area contributed by atoms with Crippen LogP contribution in [0.1, 0.15) is 12.0 Å². The quantitative estimate of drug-likeness (QED) is 0.797. The van der Waals surface area contributed by atoms with Crippen molar-refractivity contribution in [3.05, 3.63) is 58.3 Å². The summed E-state index contributed by atoms with van der Waals surface area (Å²) >= 11 is 12.0. The molecule has 24 heavy (non-hydrogen) atoms. The molecule has 0 spiro atoms. The molecule has 5 nitrogen and oxygen atoms in total. The van der Waals surface area contributed by atoms with Gasteiger partial charge in [-0.15, -0.1) is 0 Å². The van der Waals surface area contributed by atoms with Crippen molar-refractivity contribution < 1.29 is 9.59 Å². The largest absolute Gasteiger partial charge is 0.345 e. The van der Waals surface area contributed by atoms with E-state index in [1.54, 1.807) is 37.6 Å². The topological polar surface area (TPSA) is 62.3 Å². The summed E-state index contributed by atoms with van der Waals surface area (Å²) in [5.74, 6) is -0.726. The highest BCUT2D eigenvalue weighted by molar-refractivity contribution is 6.39.